The molecule has 0 unspecified atom stereocenters. The van der Waals surface area contributed by atoms with Crippen LogP contribution in [-0.2, 0) is 12.5 Å². The number of aryl methyl sites for hydroxylation is 1. The Bertz CT molecular complexity index is 585. The largest absolute Gasteiger partial charge is 0.396 e. The lowest BCUT2D eigenvalue weighted by Gasteiger charge is -2.18. The number of rotatable bonds is 5. The molecule has 0 aromatic carbocycles. The molecular formula is C14H23N5O. The van der Waals surface area contributed by atoms with Crippen LogP contribution < -0.4 is 5.32 Å². The molecule has 0 atom stereocenters. The quantitative estimate of drug-likeness (QED) is 0.816. The van der Waals surface area contributed by atoms with Crippen molar-refractivity contribution in [2.75, 3.05) is 18.5 Å². The van der Waals surface area contributed by atoms with Gasteiger partial charge in [-0.3, -0.25) is 4.68 Å². The summed E-state index contributed by atoms with van der Waals surface area (Å²) < 4.78 is 1.77. The van der Waals surface area contributed by atoms with Gasteiger partial charge in [-0.2, -0.15) is 5.10 Å². The van der Waals surface area contributed by atoms with Gasteiger partial charge in [0.1, 0.15) is 11.6 Å². The van der Waals surface area contributed by atoms with Crippen molar-refractivity contribution in [3.05, 3.63) is 12.0 Å². The third kappa shape index (κ3) is 3.07. The van der Waals surface area contributed by atoms with Gasteiger partial charge in [0.2, 0.25) is 0 Å². The van der Waals surface area contributed by atoms with E-state index in [-0.39, 0.29) is 12.0 Å². The molecule has 0 fully saturated rings. The van der Waals surface area contributed by atoms with Crippen molar-refractivity contribution >= 4 is 16.9 Å². The molecule has 0 saturated carbocycles. The van der Waals surface area contributed by atoms with Crippen LogP contribution in [0.15, 0.2) is 6.20 Å². The number of anilines is 1. The molecule has 0 bridgehead atoms. The van der Waals surface area contributed by atoms with Crippen molar-refractivity contribution in [3.63, 3.8) is 0 Å². The molecule has 2 N–H and O–H groups in total. The Labute approximate surface area is 119 Å². The fourth-order valence-corrected chi connectivity index (χ4v) is 1.94. The first-order valence-electron chi connectivity index (χ1n) is 6.98. The van der Waals surface area contributed by atoms with Gasteiger partial charge in [0.05, 0.1) is 11.6 Å². The summed E-state index contributed by atoms with van der Waals surface area (Å²) in [6.45, 7) is 7.30. The Balaban J connectivity index is 2.35. The molecule has 0 amide bonds. The monoisotopic (exact) mass is 277 g/mol. The normalized spacial score (nSPS) is 12.1. The molecule has 110 valence electrons. The summed E-state index contributed by atoms with van der Waals surface area (Å²) in [6.07, 6.45) is 3.49. The Morgan fingerprint density at radius 2 is 2.00 bits per heavy atom. The standard InChI is InChI=1S/C14H23N5O/c1-14(2,3)13-17-11(15-7-5-6-8-20)10-9-16-19(4)12(10)18-13/h9,20H,5-8H2,1-4H3,(H,15,17,18). The summed E-state index contributed by atoms with van der Waals surface area (Å²) in [7, 11) is 1.89. The molecule has 6 nitrogen and oxygen atoms in total. The molecule has 0 radical (unpaired) electrons. The van der Waals surface area contributed by atoms with Crippen LogP contribution in [0, 0.1) is 0 Å². The van der Waals surface area contributed by atoms with Crippen LogP contribution >= 0.6 is 0 Å². The van der Waals surface area contributed by atoms with E-state index in [4.69, 9.17) is 5.11 Å². The summed E-state index contributed by atoms with van der Waals surface area (Å²) in [4.78, 5) is 9.27. The zero-order valence-corrected chi connectivity index (χ0v) is 12.6. The van der Waals surface area contributed by atoms with Crippen LogP contribution in [0.5, 0.6) is 0 Å². The van der Waals surface area contributed by atoms with Crippen LogP contribution in [0.2, 0.25) is 0 Å². The number of aliphatic hydroxyl groups excluding tert-OH is 1. The van der Waals surface area contributed by atoms with Crippen molar-refractivity contribution in [1.29, 1.82) is 0 Å². The molecule has 2 heterocycles. The Hall–Kier alpha value is -1.69. The number of nitrogens with zero attached hydrogens (tertiary/aromatic N) is 4. The predicted molar refractivity (Wildman–Crippen MR) is 79.8 cm³/mol. The van der Waals surface area contributed by atoms with E-state index in [1.807, 2.05) is 7.05 Å². The van der Waals surface area contributed by atoms with Gasteiger partial charge in [0.15, 0.2) is 5.65 Å². The third-order valence-electron chi connectivity index (χ3n) is 3.14. The zero-order valence-electron chi connectivity index (χ0n) is 12.6. The van der Waals surface area contributed by atoms with Crippen molar-refractivity contribution < 1.29 is 5.11 Å². The van der Waals surface area contributed by atoms with Crippen LogP contribution in [0.4, 0.5) is 5.82 Å². The summed E-state index contributed by atoms with van der Waals surface area (Å²) in [5.41, 5.74) is 0.731. The SMILES string of the molecule is Cn1ncc2c(NCCCCO)nc(C(C)(C)C)nc21. The first kappa shape index (κ1) is 14.7. The second-order valence-electron chi connectivity index (χ2n) is 6.01. The summed E-state index contributed by atoms with van der Waals surface area (Å²) in [6, 6.07) is 0. The number of aliphatic hydroxyl groups is 1. The topological polar surface area (TPSA) is 75.9 Å². The van der Waals surface area contributed by atoms with E-state index in [9.17, 15) is 0 Å². The number of hydrogen-bond acceptors (Lipinski definition) is 5. The lowest BCUT2D eigenvalue weighted by atomic mass is 9.95. The van der Waals surface area contributed by atoms with E-state index >= 15 is 0 Å². The number of hydrogen-bond donors (Lipinski definition) is 2. The number of nitrogens with one attached hydrogen (secondary N) is 1. The highest BCUT2D eigenvalue weighted by Crippen LogP contribution is 2.25. The van der Waals surface area contributed by atoms with Gasteiger partial charge in [0, 0.05) is 25.6 Å². The highest BCUT2D eigenvalue weighted by molar-refractivity contribution is 5.86. The van der Waals surface area contributed by atoms with Crippen LogP contribution in [0.3, 0.4) is 0 Å². The molecule has 2 aromatic heterocycles. The van der Waals surface area contributed by atoms with Gasteiger partial charge < -0.3 is 10.4 Å². The van der Waals surface area contributed by atoms with Crippen LogP contribution in [0.1, 0.15) is 39.4 Å². The summed E-state index contributed by atoms with van der Waals surface area (Å²) in [5, 5.41) is 17.3. The minimum atomic E-state index is -0.111. The van der Waals surface area contributed by atoms with Gasteiger partial charge in [-0.15, -0.1) is 0 Å². The molecule has 2 aromatic rings. The Kier molecular flexibility index (Phi) is 4.23. The van der Waals surface area contributed by atoms with Crippen molar-refractivity contribution in [2.24, 2.45) is 7.05 Å². The van der Waals surface area contributed by atoms with Crippen LogP contribution in [0.25, 0.3) is 11.0 Å². The molecule has 0 spiro atoms. The number of unbranched alkanes of at least 4 members (excludes halogenated alkanes) is 1. The van der Waals surface area contributed by atoms with Crippen molar-refractivity contribution in [1.82, 2.24) is 19.7 Å². The fourth-order valence-electron chi connectivity index (χ4n) is 1.94. The highest BCUT2D eigenvalue weighted by Gasteiger charge is 2.21. The van der Waals surface area contributed by atoms with E-state index in [1.54, 1.807) is 10.9 Å². The fraction of sp³-hybridized carbons (Fsp3) is 0.643. The van der Waals surface area contributed by atoms with Gasteiger partial charge in [-0.05, 0) is 12.8 Å². The number of fused-ring (bicyclic) bond motifs is 1. The van der Waals surface area contributed by atoms with Crippen molar-refractivity contribution in [3.8, 4) is 0 Å². The molecule has 6 heteroatoms. The first-order valence-corrected chi connectivity index (χ1v) is 6.98. The molecule has 0 aliphatic heterocycles. The first-order chi connectivity index (χ1) is 9.43. The number of aromatic nitrogens is 4. The maximum absolute atomic E-state index is 8.82. The van der Waals surface area contributed by atoms with Gasteiger partial charge in [-0.25, -0.2) is 9.97 Å². The lowest BCUT2D eigenvalue weighted by molar-refractivity contribution is 0.286. The molecule has 0 saturated heterocycles. The summed E-state index contributed by atoms with van der Waals surface area (Å²) >= 11 is 0. The highest BCUT2D eigenvalue weighted by atomic mass is 16.2. The maximum Gasteiger partial charge on any atom is 0.163 e. The minimum absolute atomic E-state index is 0.111. The average Bonchev–Trinajstić information content (AvgIpc) is 2.75. The smallest absolute Gasteiger partial charge is 0.163 e. The predicted octanol–water partition coefficient (Wildman–Crippen LogP) is 1.85. The molecule has 20 heavy (non-hydrogen) atoms. The van der Waals surface area contributed by atoms with E-state index in [0.29, 0.717) is 0 Å². The third-order valence-corrected chi connectivity index (χ3v) is 3.14. The molecule has 0 aliphatic rings. The Morgan fingerprint density at radius 1 is 1.25 bits per heavy atom. The lowest BCUT2D eigenvalue weighted by Crippen LogP contribution is -2.18. The molecule has 0 aliphatic carbocycles. The van der Waals surface area contributed by atoms with Crippen LogP contribution in [-0.4, -0.2) is 38.0 Å². The Morgan fingerprint density at radius 3 is 2.65 bits per heavy atom. The second kappa shape index (κ2) is 5.75. The zero-order chi connectivity index (χ0) is 14.8. The van der Waals surface area contributed by atoms with E-state index in [0.717, 1.165) is 42.1 Å². The van der Waals surface area contributed by atoms with E-state index < -0.39 is 0 Å². The van der Waals surface area contributed by atoms with Gasteiger partial charge in [-0.1, -0.05) is 20.8 Å². The van der Waals surface area contributed by atoms with Crippen molar-refractivity contribution in [2.45, 2.75) is 39.0 Å². The molecule has 2 rings (SSSR count). The summed E-state index contributed by atoms with van der Waals surface area (Å²) in [5.74, 6) is 1.63. The maximum atomic E-state index is 8.82. The molecular weight excluding hydrogens is 254 g/mol. The van der Waals surface area contributed by atoms with E-state index in [1.165, 1.54) is 0 Å². The minimum Gasteiger partial charge on any atom is -0.396 e. The average molecular weight is 277 g/mol. The second-order valence-corrected chi connectivity index (χ2v) is 6.01. The van der Waals surface area contributed by atoms with Gasteiger partial charge in [0.25, 0.3) is 0 Å². The van der Waals surface area contributed by atoms with Gasteiger partial charge >= 0.3 is 0 Å². The van der Waals surface area contributed by atoms with E-state index in [2.05, 4.69) is 41.2 Å².